The lowest BCUT2D eigenvalue weighted by atomic mass is 10.1. The Morgan fingerprint density at radius 1 is 1.46 bits per heavy atom. The molecule has 0 spiro atoms. The Kier molecular flexibility index (Phi) is 5.18. The van der Waals surface area contributed by atoms with Crippen molar-refractivity contribution >= 4 is 5.78 Å². The van der Waals surface area contributed by atoms with Crippen molar-refractivity contribution in [3.63, 3.8) is 0 Å². The molecule has 0 fully saturated rings. The largest absolute Gasteiger partial charge is 0.374 e. The minimum absolute atomic E-state index is 0.163. The topological polar surface area (TPSA) is 38.3 Å². The highest BCUT2D eigenvalue weighted by atomic mass is 16.5. The Labute approximate surface area is 80.8 Å². The van der Waals surface area contributed by atoms with Crippen LogP contribution in [-0.4, -0.2) is 31.1 Å². The van der Waals surface area contributed by atoms with E-state index in [2.05, 4.69) is 5.32 Å². The molecule has 1 N–H and O–H groups in total. The van der Waals surface area contributed by atoms with Crippen molar-refractivity contribution < 1.29 is 9.53 Å². The van der Waals surface area contributed by atoms with Gasteiger partial charge < -0.3 is 10.1 Å². The molecule has 0 saturated heterocycles. The van der Waals surface area contributed by atoms with E-state index in [0.717, 1.165) is 0 Å². The zero-order chi connectivity index (χ0) is 10.5. The minimum atomic E-state index is -0.177. The number of carbonyl (C=O) groups is 1. The van der Waals surface area contributed by atoms with E-state index >= 15 is 0 Å². The van der Waals surface area contributed by atoms with Gasteiger partial charge in [-0.1, -0.05) is 6.92 Å². The van der Waals surface area contributed by atoms with Crippen LogP contribution in [0.3, 0.4) is 0 Å². The second-order valence-electron chi connectivity index (χ2n) is 4.08. The van der Waals surface area contributed by atoms with Gasteiger partial charge in [-0.25, -0.2) is 0 Å². The fourth-order valence-corrected chi connectivity index (χ4v) is 0.917. The van der Waals surface area contributed by atoms with Gasteiger partial charge in [0.25, 0.3) is 0 Å². The molecule has 0 aromatic carbocycles. The summed E-state index contributed by atoms with van der Waals surface area (Å²) in [5.41, 5.74) is -0.177. The summed E-state index contributed by atoms with van der Waals surface area (Å²) in [5.74, 6) is 0.201. The van der Waals surface area contributed by atoms with Crippen LogP contribution in [0.1, 0.15) is 34.1 Å². The number of carbonyl (C=O) groups excluding carboxylic acids is 1. The lowest BCUT2D eigenvalue weighted by molar-refractivity contribution is -0.123. The molecular formula is C10H21NO2. The maximum atomic E-state index is 11.3. The van der Waals surface area contributed by atoms with Crippen LogP contribution in [0, 0.1) is 0 Å². The SMILES string of the molecule is CCC(=O)C(COC(C)(C)C)NC. The van der Waals surface area contributed by atoms with E-state index in [4.69, 9.17) is 4.74 Å². The summed E-state index contributed by atoms with van der Waals surface area (Å²) in [4.78, 5) is 11.3. The number of ketones is 1. The van der Waals surface area contributed by atoms with Crippen molar-refractivity contribution in [2.75, 3.05) is 13.7 Å². The average Bonchev–Trinajstić information content (AvgIpc) is 2.03. The van der Waals surface area contributed by atoms with Crippen molar-refractivity contribution in [1.29, 1.82) is 0 Å². The highest BCUT2D eigenvalue weighted by Gasteiger charge is 2.18. The van der Waals surface area contributed by atoms with Crippen LogP contribution in [-0.2, 0) is 9.53 Å². The molecule has 1 unspecified atom stereocenters. The van der Waals surface area contributed by atoms with Crippen LogP contribution in [0.5, 0.6) is 0 Å². The van der Waals surface area contributed by atoms with Gasteiger partial charge in [0.1, 0.15) is 0 Å². The summed E-state index contributed by atoms with van der Waals surface area (Å²) < 4.78 is 5.52. The van der Waals surface area contributed by atoms with E-state index in [9.17, 15) is 4.79 Å². The molecule has 0 heterocycles. The molecular weight excluding hydrogens is 166 g/mol. The fraction of sp³-hybridized carbons (Fsp3) is 0.900. The van der Waals surface area contributed by atoms with Gasteiger partial charge >= 0.3 is 0 Å². The number of hydrogen-bond acceptors (Lipinski definition) is 3. The first-order valence-electron chi connectivity index (χ1n) is 4.74. The van der Waals surface area contributed by atoms with E-state index in [1.165, 1.54) is 0 Å². The number of ether oxygens (including phenoxy) is 1. The summed E-state index contributed by atoms with van der Waals surface area (Å²) in [7, 11) is 1.78. The van der Waals surface area contributed by atoms with Crippen LogP contribution in [0.25, 0.3) is 0 Å². The van der Waals surface area contributed by atoms with Crippen molar-refractivity contribution in [2.45, 2.75) is 45.8 Å². The molecule has 78 valence electrons. The van der Waals surface area contributed by atoms with Crippen molar-refractivity contribution in [1.82, 2.24) is 5.32 Å². The Balaban J connectivity index is 3.93. The lowest BCUT2D eigenvalue weighted by Crippen LogP contribution is -2.40. The van der Waals surface area contributed by atoms with Crippen molar-refractivity contribution in [2.24, 2.45) is 0 Å². The lowest BCUT2D eigenvalue weighted by Gasteiger charge is -2.23. The molecule has 0 aliphatic carbocycles. The molecule has 3 heteroatoms. The summed E-state index contributed by atoms with van der Waals surface area (Å²) in [6, 6.07) is -0.163. The van der Waals surface area contributed by atoms with Gasteiger partial charge in [-0.05, 0) is 27.8 Å². The van der Waals surface area contributed by atoms with Crippen LogP contribution in [0.2, 0.25) is 0 Å². The second-order valence-corrected chi connectivity index (χ2v) is 4.08. The predicted molar refractivity (Wildman–Crippen MR) is 53.9 cm³/mol. The number of Topliss-reactive ketones (excluding diaryl/α,β-unsaturated/α-hetero) is 1. The molecule has 0 radical (unpaired) electrons. The number of likely N-dealkylation sites (N-methyl/N-ethyl adjacent to an activating group) is 1. The summed E-state index contributed by atoms with van der Waals surface area (Å²) in [5, 5.41) is 2.95. The van der Waals surface area contributed by atoms with Gasteiger partial charge in [-0.2, -0.15) is 0 Å². The highest BCUT2D eigenvalue weighted by molar-refractivity contribution is 5.83. The molecule has 1 atom stereocenters. The number of rotatable bonds is 5. The Bertz CT molecular complexity index is 161. The summed E-state index contributed by atoms with van der Waals surface area (Å²) in [6.07, 6.45) is 0.555. The first kappa shape index (κ1) is 12.6. The highest BCUT2D eigenvalue weighted by Crippen LogP contribution is 2.07. The molecule has 0 amide bonds. The molecule has 0 bridgehead atoms. The van der Waals surface area contributed by atoms with Gasteiger partial charge in [-0.3, -0.25) is 4.79 Å². The Morgan fingerprint density at radius 2 is 2.00 bits per heavy atom. The summed E-state index contributed by atoms with van der Waals surface area (Å²) in [6.45, 7) is 8.26. The second kappa shape index (κ2) is 5.35. The average molecular weight is 187 g/mol. The predicted octanol–water partition coefficient (Wildman–Crippen LogP) is 1.37. The molecule has 0 aliphatic rings. The molecule has 0 rings (SSSR count). The Hall–Kier alpha value is -0.410. The van der Waals surface area contributed by atoms with Gasteiger partial charge in [0.2, 0.25) is 0 Å². The van der Waals surface area contributed by atoms with Crippen LogP contribution in [0.4, 0.5) is 0 Å². The Morgan fingerprint density at radius 3 is 2.31 bits per heavy atom. The maximum absolute atomic E-state index is 11.3. The molecule has 13 heavy (non-hydrogen) atoms. The molecule has 0 saturated carbocycles. The van der Waals surface area contributed by atoms with Crippen molar-refractivity contribution in [3.8, 4) is 0 Å². The first-order valence-corrected chi connectivity index (χ1v) is 4.74. The number of hydrogen-bond donors (Lipinski definition) is 1. The third kappa shape index (κ3) is 5.77. The zero-order valence-corrected chi connectivity index (χ0v) is 9.31. The molecule has 3 nitrogen and oxygen atoms in total. The quantitative estimate of drug-likeness (QED) is 0.706. The molecule has 0 aliphatic heterocycles. The van der Waals surface area contributed by atoms with E-state index in [1.54, 1.807) is 7.05 Å². The van der Waals surface area contributed by atoms with Crippen LogP contribution in [0.15, 0.2) is 0 Å². The molecule has 0 aromatic rings. The van der Waals surface area contributed by atoms with E-state index in [0.29, 0.717) is 13.0 Å². The summed E-state index contributed by atoms with van der Waals surface area (Å²) >= 11 is 0. The van der Waals surface area contributed by atoms with E-state index in [1.807, 2.05) is 27.7 Å². The molecule has 0 aromatic heterocycles. The fourth-order valence-electron chi connectivity index (χ4n) is 0.917. The van der Waals surface area contributed by atoms with Gasteiger partial charge in [0.05, 0.1) is 18.2 Å². The zero-order valence-electron chi connectivity index (χ0n) is 9.31. The van der Waals surface area contributed by atoms with E-state index < -0.39 is 0 Å². The van der Waals surface area contributed by atoms with Crippen LogP contribution >= 0.6 is 0 Å². The normalized spacial score (nSPS) is 14.2. The van der Waals surface area contributed by atoms with Gasteiger partial charge in [0, 0.05) is 6.42 Å². The maximum Gasteiger partial charge on any atom is 0.151 e. The monoisotopic (exact) mass is 187 g/mol. The standard InChI is InChI=1S/C10H21NO2/c1-6-9(12)8(11-5)7-13-10(2,3)4/h8,11H,6-7H2,1-5H3. The third-order valence-electron chi connectivity index (χ3n) is 1.77. The van der Waals surface area contributed by atoms with E-state index in [-0.39, 0.29) is 17.4 Å². The third-order valence-corrected chi connectivity index (χ3v) is 1.77. The van der Waals surface area contributed by atoms with Crippen LogP contribution < -0.4 is 5.32 Å². The number of nitrogens with one attached hydrogen (secondary N) is 1. The smallest absolute Gasteiger partial charge is 0.151 e. The minimum Gasteiger partial charge on any atom is -0.374 e. The van der Waals surface area contributed by atoms with Crippen molar-refractivity contribution in [3.05, 3.63) is 0 Å². The first-order chi connectivity index (χ1) is 5.90. The van der Waals surface area contributed by atoms with Gasteiger partial charge in [-0.15, -0.1) is 0 Å². The van der Waals surface area contributed by atoms with Gasteiger partial charge in [0.15, 0.2) is 5.78 Å².